The summed E-state index contributed by atoms with van der Waals surface area (Å²) in [5, 5.41) is 3.79. The summed E-state index contributed by atoms with van der Waals surface area (Å²) in [5.41, 5.74) is 6.41. The predicted molar refractivity (Wildman–Crippen MR) is 58.6 cm³/mol. The zero-order valence-corrected chi connectivity index (χ0v) is 9.35. The second-order valence-corrected chi connectivity index (χ2v) is 3.73. The lowest BCUT2D eigenvalue weighted by molar-refractivity contribution is 0.174. The first-order valence-corrected chi connectivity index (χ1v) is 5.33. The Hall–Kier alpha value is -2.15. The Labute approximate surface area is 101 Å². The maximum Gasteiger partial charge on any atom is 0.240 e. The number of halogens is 1. The number of ether oxygens (including phenoxy) is 2. The third-order valence-corrected chi connectivity index (χ3v) is 2.57. The molecule has 0 spiro atoms. The molecule has 1 aromatic heterocycles. The van der Waals surface area contributed by atoms with E-state index in [9.17, 15) is 4.39 Å². The van der Waals surface area contributed by atoms with Crippen LogP contribution < -0.4 is 15.2 Å². The summed E-state index contributed by atoms with van der Waals surface area (Å²) in [6.45, 7) is -0.361. The van der Waals surface area contributed by atoms with Gasteiger partial charge in [-0.15, -0.1) is 0 Å². The van der Waals surface area contributed by atoms with Crippen LogP contribution in [0.15, 0.2) is 16.7 Å². The Bertz CT molecular complexity index is 585. The molecule has 3 rings (SSSR count). The molecule has 0 bridgehead atoms. The molecule has 2 aromatic rings. The van der Waals surface area contributed by atoms with Gasteiger partial charge in [-0.1, -0.05) is 5.16 Å². The molecule has 1 aliphatic rings. The fourth-order valence-corrected chi connectivity index (χ4v) is 1.76. The average Bonchev–Trinajstić information content (AvgIpc) is 3.05. The number of hydrogen-bond acceptors (Lipinski definition) is 6. The van der Waals surface area contributed by atoms with Gasteiger partial charge in [0.2, 0.25) is 18.5 Å². The molecule has 1 aromatic carbocycles. The molecule has 0 unspecified atom stereocenters. The highest BCUT2D eigenvalue weighted by Crippen LogP contribution is 2.41. The molecule has 0 atom stereocenters. The zero-order valence-electron chi connectivity index (χ0n) is 9.35. The molecule has 6 nitrogen and oxygen atoms in total. The van der Waals surface area contributed by atoms with Crippen LogP contribution in [0.4, 0.5) is 4.39 Å². The molecule has 18 heavy (non-hydrogen) atoms. The first kappa shape index (κ1) is 11.0. The van der Waals surface area contributed by atoms with E-state index >= 15 is 0 Å². The quantitative estimate of drug-likeness (QED) is 0.887. The minimum atomic E-state index is -0.606. The maximum atomic E-state index is 12.8. The fraction of sp³-hybridized carbons (Fsp3) is 0.273. The van der Waals surface area contributed by atoms with Crippen molar-refractivity contribution in [1.29, 1.82) is 0 Å². The summed E-state index contributed by atoms with van der Waals surface area (Å²) < 4.78 is 28.3. The Morgan fingerprint density at radius 3 is 2.94 bits per heavy atom. The largest absolute Gasteiger partial charge is 0.454 e. The van der Waals surface area contributed by atoms with Crippen LogP contribution in [-0.4, -0.2) is 16.9 Å². The van der Waals surface area contributed by atoms with Crippen LogP contribution in [0.5, 0.6) is 11.5 Å². The van der Waals surface area contributed by atoms with E-state index in [-0.39, 0.29) is 13.3 Å². The van der Waals surface area contributed by atoms with E-state index in [1.165, 1.54) is 0 Å². The molecular weight excluding hydrogens is 241 g/mol. The molecule has 94 valence electrons. The van der Waals surface area contributed by atoms with Crippen molar-refractivity contribution < 1.29 is 18.4 Å². The Morgan fingerprint density at radius 1 is 1.33 bits per heavy atom. The number of rotatable bonds is 3. The molecule has 2 heterocycles. The van der Waals surface area contributed by atoms with Gasteiger partial charge in [0.05, 0.1) is 12.1 Å². The monoisotopic (exact) mass is 251 g/mol. The molecule has 0 radical (unpaired) electrons. The summed E-state index contributed by atoms with van der Waals surface area (Å²) in [5.74, 6) is 1.60. The number of aromatic nitrogens is 2. The van der Waals surface area contributed by atoms with Gasteiger partial charge in [-0.05, 0) is 17.7 Å². The first-order valence-electron chi connectivity index (χ1n) is 5.33. The molecule has 7 heteroatoms. The van der Waals surface area contributed by atoms with Gasteiger partial charge in [0, 0.05) is 0 Å². The third-order valence-electron chi connectivity index (χ3n) is 2.57. The molecule has 1 aliphatic heterocycles. The molecule has 2 N–H and O–H groups in total. The Balaban J connectivity index is 2.12. The van der Waals surface area contributed by atoms with Crippen LogP contribution in [0.25, 0.3) is 11.4 Å². The van der Waals surface area contributed by atoms with E-state index in [2.05, 4.69) is 10.1 Å². The lowest BCUT2D eigenvalue weighted by Gasteiger charge is -2.03. The minimum Gasteiger partial charge on any atom is -0.454 e. The van der Waals surface area contributed by atoms with Crippen LogP contribution in [0.2, 0.25) is 0 Å². The van der Waals surface area contributed by atoms with Crippen molar-refractivity contribution in [3.8, 4) is 22.9 Å². The van der Waals surface area contributed by atoms with Crippen molar-refractivity contribution in [2.75, 3.05) is 6.79 Å². The van der Waals surface area contributed by atoms with Crippen LogP contribution in [0.3, 0.4) is 0 Å². The second kappa shape index (κ2) is 4.26. The van der Waals surface area contributed by atoms with Gasteiger partial charge in [-0.25, -0.2) is 4.39 Å². The minimum absolute atomic E-state index is 0.0969. The van der Waals surface area contributed by atoms with Crippen LogP contribution in [0.1, 0.15) is 11.5 Å². The summed E-state index contributed by atoms with van der Waals surface area (Å²) in [4.78, 5) is 4.09. The van der Waals surface area contributed by atoms with Crippen molar-refractivity contribution in [2.45, 2.75) is 13.2 Å². The second-order valence-electron chi connectivity index (χ2n) is 3.73. The average molecular weight is 251 g/mol. The number of nitrogens with zero attached hydrogens (tertiary/aromatic N) is 2. The molecule has 0 saturated carbocycles. The van der Waals surface area contributed by atoms with Gasteiger partial charge in [0.25, 0.3) is 0 Å². The first-order chi connectivity index (χ1) is 8.81. The molecular formula is C11H10FN3O3. The number of fused-ring (bicyclic) bond motifs is 1. The summed E-state index contributed by atoms with van der Waals surface area (Å²) in [7, 11) is 0. The van der Waals surface area contributed by atoms with E-state index in [4.69, 9.17) is 19.7 Å². The van der Waals surface area contributed by atoms with Gasteiger partial charge in [-0.2, -0.15) is 4.98 Å². The van der Waals surface area contributed by atoms with Gasteiger partial charge in [0.1, 0.15) is 6.67 Å². The van der Waals surface area contributed by atoms with Crippen LogP contribution >= 0.6 is 0 Å². The highest BCUT2D eigenvalue weighted by Gasteiger charge is 2.23. The number of alkyl halides is 1. The van der Waals surface area contributed by atoms with Crippen molar-refractivity contribution in [3.63, 3.8) is 0 Å². The van der Waals surface area contributed by atoms with E-state index in [0.717, 1.165) is 0 Å². The van der Waals surface area contributed by atoms with Gasteiger partial charge in [-0.3, -0.25) is 0 Å². The lowest BCUT2D eigenvalue weighted by Crippen LogP contribution is -1.96. The molecule has 0 fully saturated rings. The van der Waals surface area contributed by atoms with Crippen LogP contribution in [-0.2, 0) is 13.2 Å². The summed E-state index contributed by atoms with van der Waals surface area (Å²) in [6, 6.07) is 3.20. The number of nitrogens with two attached hydrogens (primary N) is 1. The fourth-order valence-electron chi connectivity index (χ4n) is 1.76. The Morgan fingerprint density at radius 2 is 2.22 bits per heavy atom. The molecule has 0 aliphatic carbocycles. The summed E-state index contributed by atoms with van der Waals surface area (Å²) in [6.07, 6.45) is 0. The lowest BCUT2D eigenvalue weighted by atomic mass is 10.1. The number of benzene rings is 1. The topological polar surface area (TPSA) is 83.4 Å². The van der Waals surface area contributed by atoms with Crippen molar-refractivity contribution in [2.24, 2.45) is 5.73 Å². The van der Waals surface area contributed by atoms with Gasteiger partial charge < -0.3 is 19.7 Å². The highest BCUT2D eigenvalue weighted by molar-refractivity contribution is 5.70. The van der Waals surface area contributed by atoms with E-state index < -0.39 is 6.67 Å². The van der Waals surface area contributed by atoms with Gasteiger partial charge >= 0.3 is 0 Å². The standard InChI is InChI=1S/C11H10FN3O3/c12-3-6-1-7(10-8(2-6)16-5-17-10)11-14-9(4-13)18-15-11/h1-2H,3-5,13H2. The normalized spacial score (nSPS) is 13.0. The predicted octanol–water partition coefficient (Wildman–Crippen LogP) is 1.39. The zero-order chi connectivity index (χ0) is 12.5. The molecule has 0 saturated heterocycles. The van der Waals surface area contributed by atoms with E-state index in [1.807, 2.05) is 0 Å². The van der Waals surface area contributed by atoms with Crippen molar-refractivity contribution >= 4 is 0 Å². The van der Waals surface area contributed by atoms with E-state index in [0.29, 0.717) is 34.3 Å². The van der Waals surface area contributed by atoms with Crippen LogP contribution in [0, 0.1) is 0 Å². The summed E-state index contributed by atoms with van der Waals surface area (Å²) >= 11 is 0. The molecule has 0 amide bonds. The highest BCUT2D eigenvalue weighted by atomic mass is 19.1. The maximum absolute atomic E-state index is 12.8. The Kier molecular flexibility index (Phi) is 2.60. The van der Waals surface area contributed by atoms with Crippen molar-refractivity contribution in [1.82, 2.24) is 10.1 Å². The SMILES string of the molecule is NCc1nc(-c2cc(CF)cc3c2OCO3)no1. The van der Waals surface area contributed by atoms with Crippen molar-refractivity contribution in [3.05, 3.63) is 23.6 Å². The third kappa shape index (κ3) is 1.68. The van der Waals surface area contributed by atoms with E-state index in [1.54, 1.807) is 12.1 Å². The van der Waals surface area contributed by atoms with Gasteiger partial charge in [0.15, 0.2) is 11.5 Å². The smallest absolute Gasteiger partial charge is 0.240 e. The number of hydrogen-bond donors (Lipinski definition) is 1.